The number of carbonyl (C=O) groups is 1. The van der Waals surface area contributed by atoms with E-state index in [1.54, 1.807) is 25.1 Å². The summed E-state index contributed by atoms with van der Waals surface area (Å²) < 4.78 is 53.1. The molecule has 2 aromatic carbocycles. The number of hydrogen-bond donors (Lipinski definition) is 1. The molecule has 0 aliphatic heterocycles. The first-order chi connectivity index (χ1) is 16.0. The van der Waals surface area contributed by atoms with Crippen LogP contribution in [0.2, 0.25) is 0 Å². The van der Waals surface area contributed by atoms with E-state index in [0.717, 1.165) is 31.2 Å². The van der Waals surface area contributed by atoms with Crippen LogP contribution in [0.15, 0.2) is 30.3 Å². The van der Waals surface area contributed by atoms with Gasteiger partial charge in [0, 0.05) is 13.1 Å². The molecule has 188 valence electrons. The molecule has 0 bridgehead atoms. The third-order valence-corrected chi connectivity index (χ3v) is 6.66. The van der Waals surface area contributed by atoms with Gasteiger partial charge in [-0.05, 0) is 72.4 Å². The quantitative estimate of drug-likeness (QED) is 0.331. The molecule has 0 spiro atoms. The van der Waals surface area contributed by atoms with E-state index in [-0.39, 0.29) is 35.0 Å². The molecule has 0 radical (unpaired) electrons. The van der Waals surface area contributed by atoms with E-state index >= 15 is 0 Å². The van der Waals surface area contributed by atoms with E-state index in [1.807, 2.05) is 0 Å². The zero-order valence-electron chi connectivity index (χ0n) is 20.6. The minimum atomic E-state index is -4.52. The van der Waals surface area contributed by atoms with Crippen molar-refractivity contribution in [3.63, 3.8) is 0 Å². The second-order valence-corrected chi connectivity index (χ2v) is 10.2. The summed E-state index contributed by atoms with van der Waals surface area (Å²) >= 11 is 0. The fourth-order valence-corrected chi connectivity index (χ4v) is 4.74. The summed E-state index contributed by atoms with van der Waals surface area (Å²) in [4.78, 5) is 11.4. The molecular formula is C27H36F3NO3. The highest BCUT2D eigenvalue weighted by atomic mass is 19.4. The van der Waals surface area contributed by atoms with E-state index in [2.05, 4.69) is 26.1 Å². The van der Waals surface area contributed by atoms with Crippen molar-refractivity contribution in [3.05, 3.63) is 41.5 Å². The van der Waals surface area contributed by atoms with Crippen LogP contribution in [0.3, 0.4) is 0 Å². The van der Waals surface area contributed by atoms with Gasteiger partial charge in [-0.15, -0.1) is 0 Å². The molecule has 0 amide bonds. The molecule has 0 heterocycles. The number of benzene rings is 2. The maximum atomic E-state index is 14.1. The van der Waals surface area contributed by atoms with E-state index in [1.165, 1.54) is 12.1 Å². The van der Waals surface area contributed by atoms with Crippen LogP contribution in [0.5, 0.6) is 5.75 Å². The largest absolute Gasteiger partial charge is 0.490 e. The molecule has 0 atom stereocenters. The Morgan fingerprint density at radius 1 is 1.06 bits per heavy atom. The van der Waals surface area contributed by atoms with Crippen LogP contribution in [-0.2, 0) is 22.3 Å². The first-order valence-electron chi connectivity index (χ1n) is 12.1. The predicted octanol–water partition coefficient (Wildman–Crippen LogP) is 6.89. The average Bonchev–Trinajstić information content (AvgIpc) is 2.75. The summed E-state index contributed by atoms with van der Waals surface area (Å²) in [6.45, 7) is 9.63. The molecule has 3 rings (SSSR count). The summed E-state index contributed by atoms with van der Waals surface area (Å²) in [5.74, 6) is 0.206. The molecule has 1 aliphatic carbocycles. The smallest absolute Gasteiger partial charge is 0.420 e. The van der Waals surface area contributed by atoms with Crippen LogP contribution < -0.4 is 10.1 Å². The maximum absolute atomic E-state index is 14.1. The Labute approximate surface area is 200 Å². The van der Waals surface area contributed by atoms with Gasteiger partial charge in [-0.2, -0.15) is 13.2 Å². The maximum Gasteiger partial charge on any atom is 0.420 e. The van der Waals surface area contributed by atoms with Crippen molar-refractivity contribution in [1.29, 1.82) is 0 Å². The zero-order valence-corrected chi connectivity index (χ0v) is 20.6. The van der Waals surface area contributed by atoms with Crippen molar-refractivity contribution < 1.29 is 27.4 Å². The lowest BCUT2D eigenvalue weighted by Gasteiger charge is -2.37. The van der Waals surface area contributed by atoms with Crippen molar-refractivity contribution >= 4 is 16.7 Å². The van der Waals surface area contributed by atoms with Crippen molar-refractivity contribution in [1.82, 2.24) is 5.32 Å². The lowest BCUT2D eigenvalue weighted by atomic mass is 9.72. The molecule has 1 aliphatic rings. The summed E-state index contributed by atoms with van der Waals surface area (Å²) in [6, 6.07) is 8.11. The van der Waals surface area contributed by atoms with Gasteiger partial charge in [-0.3, -0.25) is 4.79 Å². The number of hydrogen-bond acceptors (Lipinski definition) is 4. The number of fused-ring (bicyclic) bond motifs is 1. The monoisotopic (exact) mass is 479 g/mol. The number of ether oxygens (including phenoxy) is 2. The molecule has 0 aromatic heterocycles. The molecule has 1 N–H and O–H groups in total. The number of carbonyl (C=O) groups excluding carboxylic acids is 1. The Balaban J connectivity index is 1.72. The molecular weight excluding hydrogens is 443 g/mol. The SMILES string of the molecule is CCOC(=O)CCNCc1ccc2c(C(F)(F)F)c(OC3CCC(C(C)(C)C)CC3)ccc2c1. The lowest BCUT2D eigenvalue weighted by Crippen LogP contribution is -2.31. The summed E-state index contributed by atoms with van der Waals surface area (Å²) in [6.07, 6.45) is -0.985. The highest BCUT2D eigenvalue weighted by molar-refractivity contribution is 5.89. The Morgan fingerprint density at radius 2 is 1.76 bits per heavy atom. The highest BCUT2D eigenvalue weighted by Crippen LogP contribution is 2.44. The molecule has 2 aromatic rings. The van der Waals surface area contributed by atoms with Gasteiger partial charge >= 0.3 is 12.1 Å². The van der Waals surface area contributed by atoms with Crippen LogP contribution in [0.25, 0.3) is 10.8 Å². The van der Waals surface area contributed by atoms with Crippen LogP contribution in [0.4, 0.5) is 13.2 Å². The Morgan fingerprint density at radius 3 is 2.38 bits per heavy atom. The summed E-state index contributed by atoms with van der Waals surface area (Å²) in [5, 5.41) is 3.79. The Hall–Kier alpha value is -2.28. The summed E-state index contributed by atoms with van der Waals surface area (Å²) in [5.41, 5.74) is 0.347. The zero-order chi connectivity index (χ0) is 24.9. The average molecular weight is 480 g/mol. The predicted molar refractivity (Wildman–Crippen MR) is 128 cm³/mol. The first-order valence-corrected chi connectivity index (χ1v) is 12.1. The minimum Gasteiger partial charge on any atom is -0.490 e. The van der Waals surface area contributed by atoms with Crippen molar-refractivity contribution in [2.75, 3.05) is 13.2 Å². The van der Waals surface area contributed by atoms with Crippen LogP contribution in [-0.4, -0.2) is 25.2 Å². The molecule has 1 saturated carbocycles. The van der Waals surface area contributed by atoms with Gasteiger partial charge in [0.15, 0.2) is 0 Å². The number of alkyl halides is 3. The van der Waals surface area contributed by atoms with Gasteiger partial charge in [0.1, 0.15) is 11.3 Å². The number of esters is 1. The molecule has 0 saturated heterocycles. The topological polar surface area (TPSA) is 47.6 Å². The molecule has 34 heavy (non-hydrogen) atoms. The van der Waals surface area contributed by atoms with Crippen LogP contribution in [0.1, 0.15) is 70.9 Å². The summed E-state index contributed by atoms with van der Waals surface area (Å²) in [7, 11) is 0. The first kappa shape index (κ1) is 26.3. The van der Waals surface area contributed by atoms with Crippen LogP contribution >= 0.6 is 0 Å². The molecule has 1 fully saturated rings. The molecule has 4 nitrogen and oxygen atoms in total. The second-order valence-electron chi connectivity index (χ2n) is 10.2. The molecule has 7 heteroatoms. The number of halogens is 3. The minimum absolute atomic E-state index is 0.0838. The fraction of sp³-hybridized carbons (Fsp3) is 0.593. The third kappa shape index (κ3) is 6.87. The van der Waals surface area contributed by atoms with Crippen molar-refractivity contribution in [2.45, 2.75) is 78.6 Å². The normalized spacial score (nSPS) is 19.3. The highest BCUT2D eigenvalue weighted by Gasteiger charge is 2.38. The van der Waals surface area contributed by atoms with Gasteiger partial charge < -0.3 is 14.8 Å². The molecule has 0 unspecified atom stereocenters. The van der Waals surface area contributed by atoms with E-state index in [9.17, 15) is 18.0 Å². The van der Waals surface area contributed by atoms with E-state index < -0.39 is 11.7 Å². The Bertz CT molecular complexity index is 973. The van der Waals surface area contributed by atoms with E-state index in [4.69, 9.17) is 9.47 Å². The Kier molecular flexibility index (Phi) is 8.50. The standard InChI is InChI=1S/C27H36F3NO3/c1-5-33-24(32)14-15-31-17-18-6-12-22-19(16-18)7-13-23(25(22)27(28,29)30)34-21-10-8-20(9-11-21)26(2,3)4/h6-7,12-13,16,20-21,31H,5,8-11,14-15,17H2,1-4H3. The third-order valence-electron chi connectivity index (χ3n) is 6.66. The van der Waals surface area contributed by atoms with Gasteiger partial charge in [-0.25, -0.2) is 0 Å². The van der Waals surface area contributed by atoms with E-state index in [0.29, 0.717) is 31.0 Å². The van der Waals surface area contributed by atoms with Crippen LogP contribution in [0, 0.1) is 11.3 Å². The fourth-order valence-electron chi connectivity index (χ4n) is 4.74. The van der Waals surface area contributed by atoms with Gasteiger partial charge in [0.2, 0.25) is 0 Å². The van der Waals surface area contributed by atoms with Crippen molar-refractivity contribution in [3.8, 4) is 5.75 Å². The second kappa shape index (κ2) is 11.0. The van der Waals surface area contributed by atoms with Gasteiger partial charge in [0.25, 0.3) is 0 Å². The van der Waals surface area contributed by atoms with Gasteiger partial charge in [0.05, 0.1) is 19.1 Å². The number of nitrogens with one attached hydrogen (secondary N) is 1. The number of rotatable bonds is 8. The van der Waals surface area contributed by atoms with Gasteiger partial charge in [-0.1, -0.05) is 39.0 Å². The lowest BCUT2D eigenvalue weighted by molar-refractivity contribution is -0.143. The van der Waals surface area contributed by atoms with Crippen molar-refractivity contribution in [2.24, 2.45) is 11.3 Å².